The summed E-state index contributed by atoms with van der Waals surface area (Å²) >= 11 is 7.47. The first-order valence-corrected chi connectivity index (χ1v) is 13.8. The van der Waals surface area contributed by atoms with E-state index in [1.807, 2.05) is 32.0 Å². The van der Waals surface area contributed by atoms with Gasteiger partial charge in [-0.15, -0.1) is 11.3 Å². The number of nitriles is 1. The van der Waals surface area contributed by atoms with Crippen molar-refractivity contribution in [3.8, 4) is 22.9 Å². The Hall–Kier alpha value is -2.74. The Labute approximate surface area is 223 Å². The van der Waals surface area contributed by atoms with Gasteiger partial charge in [0.25, 0.3) is 0 Å². The molecule has 4 N–H and O–H groups in total. The van der Waals surface area contributed by atoms with Crippen molar-refractivity contribution in [2.45, 2.75) is 31.9 Å². The largest absolute Gasteiger partial charge is 0.489 e. The van der Waals surface area contributed by atoms with E-state index in [1.165, 1.54) is 23.5 Å². The van der Waals surface area contributed by atoms with Crippen LogP contribution < -0.4 is 10.1 Å². The predicted molar refractivity (Wildman–Crippen MR) is 141 cm³/mol. The smallest absolute Gasteiger partial charge is 0.470 e. The van der Waals surface area contributed by atoms with Crippen LogP contribution in [-0.2, 0) is 15.5 Å². The molecule has 3 aromatic rings. The number of halogens is 1. The molecule has 12 heteroatoms. The summed E-state index contributed by atoms with van der Waals surface area (Å²) in [6.45, 7) is 3.72. The summed E-state index contributed by atoms with van der Waals surface area (Å²) in [6.07, 6.45) is -0.396. The van der Waals surface area contributed by atoms with E-state index in [1.54, 1.807) is 30.3 Å². The van der Waals surface area contributed by atoms with Crippen LogP contribution in [0.4, 0.5) is 0 Å². The highest BCUT2D eigenvalue weighted by atomic mass is 35.5. The van der Waals surface area contributed by atoms with Gasteiger partial charge in [0.15, 0.2) is 0 Å². The lowest BCUT2D eigenvalue weighted by Crippen LogP contribution is -2.46. The van der Waals surface area contributed by atoms with Crippen LogP contribution in [0.15, 0.2) is 54.6 Å². The Balaban J connectivity index is 1.73. The quantitative estimate of drug-likeness (QED) is 0.220. The van der Waals surface area contributed by atoms with Gasteiger partial charge in [-0.1, -0.05) is 29.8 Å². The highest BCUT2D eigenvalue weighted by molar-refractivity contribution is 7.46. The third-order valence-corrected chi connectivity index (χ3v) is 7.14. The first kappa shape index (κ1) is 28.8. The first-order valence-electron chi connectivity index (χ1n) is 11.1. The van der Waals surface area contributed by atoms with E-state index in [0.717, 1.165) is 4.88 Å². The lowest BCUT2D eigenvalue weighted by Gasteiger charge is -2.29. The molecule has 1 aromatic heterocycles. The number of nitrogens with one attached hydrogen (secondary N) is 1. The van der Waals surface area contributed by atoms with Crippen LogP contribution in [0.3, 0.4) is 0 Å². The number of phosphoric ester groups is 1. The average molecular weight is 565 g/mol. The number of hydrogen-bond donors (Lipinski definition) is 4. The molecular weight excluding hydrogens is 539 g/mol. The number of hydrogen-bond acceptors (Lipinski definition) is 7. The molecule has 0 bridgehead atoms. The Morgan fingerprint density at radius 3 is 2.41 bits per heavy atom. The van der Waals surface area contributed by atoms with Crippen molar-refractivity contribution in [3.63, 3.8) is 0 Å². The Morgan fingerprint density at radius 2 is 1.84 bits per heavy atom. The number of phosphoric acid groups is 1. The maximum atomic E-state index is 11.6. The van der Waals surface area contributed by atoms with E-state index in [0.29, 0.717) is 21.9 Å². The topological polar surface area (TPSA) is 149 Å². The van der Waals surface area contributed by atoms with E-state index < -0.39 is 25.4 Å². The highest BCUT2D eigenvalue weighted by Crippen LogP contribution is 2.38. The summed E-state index contributed by atoms with van der Waals surface area (Å²) < 4.78 is 23.0. The van der Waals surface area contributed by atoms with Crippen molar-refractivity contribution < 1.29 is 33.5 Å². The molecule has 0 saturated carbocycles. The minimum absolute atomic E-state index is 0.0649. The van der Waals surface area contributed by atoms with E-state index in [-0.39, 0.29) is 30.0 Å². The van der Waals surface area contributed by atoms with Crippen LogP contribution in [0.25, 0.3) is 11.1 Å². The molecule has 1 atom stereocenters. The molecule has 0 spiro atoms. The normalized spacial score (nSPS) is 12.6. The van der Waals surface area contributed by atoms with Gasteiger partial charge in [-0.3, -0.25) is 4.52 Å². The molecule has 0 unspecified atom stereocenters. The van der Waals surface area contributed by atoms with Crippen molar-refractivity contribution in [2.24, 2.45) is 0 Å². The van der Waals surface area contributed by atoms with Crippen molar-refractivity contribution in [3.05, 3.63) is 74.9 Å². The molecule has 0 aliphatic heterocycles. The van der Waals surface area contributed by atoms with Crippen molar-refractivity contribution in [1.29, 1.82) is 5.26 Å². The lowest BCUT2D eigenvalue weighted by atomic mass is 9.99. The summed E-state index contributed by atoms with van der Waals surface area (Å²) in [5.74, 6) is -0.836. The molecule has 196 valence electrons. The molecule has 2 aromatic carbocycles. The number of aromatic carboxylic acids is 1. The van der Waals surface area contributed by atoms with Crippen molar-refractivity contribution >= 4 is 36.7 Å². The van der Waals surface area contributed by atoms with Crippen LogP contribution in [0.2, 0.25) is 4.34 Å². The molecule has 3 rings (SSSR count). The summed E-state index contributed by atoms with van der Waals surface area (Å²) in [5, 5.41) is 21.9. The number of nitrogens with zero attached hydrogens (tertiary/aromatic N) is 1. The van der Waals surface area contributed by atoms with Crippen LogP contribution in [0, 0.1) is 11.3 Å². The van der Waals surface area contributed by atoms with Gasteiger partial charge in [0.2, 0.25) is 0 Å². The van der Waals surface area contributed by atoms with Gasteiger partial charge < -0.3 is 24.9 Å². The molecule has 0 aliphatic carbocycles. The van der Waals surface area contributed by atoms with Gasteiger partial charge in [0.1, 0.15) is 24.5 Å². The lowest BCUT2D eigenvalue weighted by molar-refractivity contribution is 0.0696. The van der Waals surface area contributed by atoms with Gasteiger partial charge in [0.05, 0.1) is 15.5 Å². The van der Waals surface area contributed by atoms with Crippen LogP contribution in [0.5, 0.6) is 5.75 Å². The molecule has 0 amide bonds. The van der Waals surface area contributed by atoms with Crippen LogP contribution in [0.1, 0.15) is 34.6 Å². The maximum Gasteiger partial charge on any atom is 0.470 e. The number of benzene rings is 2. The molecule has 9 nitrogen and oxygen atoms in total. The number of thiophene rings is 1. The van der Waals surface area contributed by atoms with Gasteiger partial charge in [-0.25, -0.2) is 9.36 Å². The number of rotatable bonds is 12. The third-order valence-electron chi connectivity index (χ3n) is 5.33. The second-order valence-corrected chi connectivity index (χ2v) is 11.9. The van der Waals surface area contributed by atoms with E-state index >= 15 is 0 Å². The second-order valence-electron chi connectivity index (χ2n) is 8.88. The van der Waals surface area contributed by atoms with Gasteiger partial charge >= 0.3 is 13.8 Å². The molecule has 0 aliphatic rings. The minimum Gasteiger partial charge on any atom is -0.489 e. The summed E-state index contributed by atoms with van der Waals surface area (Å²) in [4.78, 5) is 31.0. The van der Waals surface area contributed by atoms with Gasteiger partial charge in [-0.05, 0) is 67.8 Å². The standard InChI is InChI=1S/C25H26ClN2O7PS/c1-25(2,12-21-9-10-23(26)37-21)28-14-20(35-36(31,32)33)15-34-22-11-18(7-8-19(22)13-27)16-3-5-17(6-4-16)24(29)30/h3-11,20,28H,12,14-15H2,1-2H3,(H,29,30)(H2,31,32,33)/t20-/m1/s1. The average Bonchev–Trinajstić information content (AvgIpc) is 3.23. The second kappa shape index (κ2) is 12.2. The van der Waals surface area contributed by atoms with E-state index in [9.17, 15) is 24.4 Å². The fraction of sp³-hybridized carbons (Fsp3) is 0.280. The maximum absolute atomic E-state index is 11.6. The Morgan fingerprint density at radius 1 is 1.16 bits per heavy atom. The fourth-order valence-corrected chi connectivity index (χ4v) is 5.40. The van der Waals surface area contributed by atoms with E-state index in [2.05, 4.69) is 5.32 Å². The highest BCUT2D eigenvalue weighted by Gasteiger charge is 2.27. The third kappa shape index (κ3) is 8.95. The first-order chi connectivity index (χ1) is 17.3. The monoisotopic (exact) mass is 564 g/mol. The van der Waals surface area contributed by atoms with Crippen molar-refractivity contribution in [2.75, 3.05) is 13.2 Å². The summed E-state index contributed by atoms with van der Waals surface area (Å²) in [6, 6.07) is 16.9. The Bertz CT molecular complexity index is 1330. The number of carboxylic acid groups (broad SMARTS) is 1. The molecule has 1 heterocycles. The zero-order chi connectivity index (χ0) is 27.2. The molecule has 0 fully saturated rings. The predicted octanol–water partition coefficient (Wildman–Crippen LogP) is 5.11. The van der Waals surface area contributed by atoms with Crippen LogP contribution >= 0.6 is 30.8 Å². The summed E-state index contributed by atoms with van der Waals surface area (Å²) in [7, 11) is -4.83. The zero-order valence-corrected chi connectivity index (χ0v) is 22.5. The molecule has 0 radical (unpaired) electrons. The SMILES string of the molecule is CC(C)(Cc1ccc(Cl)s1)NC[C@H](COc1cc(-c2ccc(C(=O)O)cc2)ccc1C#N)OP(=O)(O)O. The molecule has 37 heavy (non-hydrogen) atoms. The fourth-order valence-electron chi connectivity index (χ4n) is 3.56. The van der Waals surface area contributed by atoms with Crippen molar-refractivity contribution in [1.82, 2.24) is 5.32 Å². The van der Waals surface area contributed by atoms with Crippen LogP contribution in [-0.4, -0.2) is 45.7 Å². The minimum atomic E-state index is -4.83. The van der Waals surface area contributed by atoms with E-state index in [4.69, 9.17) is 26.0 Å². The zero-order valence-electron chi connectivity index (χ0n) is 20.1. The number of carboxylic acids is 1. The number of ether oxygens (including phenoxy) is 1. The number of carbonyl (C=O) groups is 1. The Kier molecular flexibility index (Phi) is 9.51. The van der Waals surface area contributed by atoms with Gasteiger partial charge in [0, 0.05) is 17.0 Å². The molecule has 0 saturated heterocycles. The summed E-state index contributed by atoms with van der Waals surface area (Å²) in [5.41, 5.74) is 1.31. The molecular formula is C25H26ClN2O7PS. The van der Waals surface area contributed by atoms with Gasteiger partial charge in [-0.2, -0.15) is 5.26 Å².